The van der Waals surface area contributed by atoms with Crippen LogP contribution in [0, 0.1) is 5.92 Å². The Bertz CT molecular complexity index is 484. The van der Waals surface area contributed by atoms with Crippen LogP contribution in [-0.4, -0.2) is 0 Å². The van der Waals surface area contributed by atoms with Gasteiger partial charge in [0.25, 0.3) is 0 Å². The third kappa shape index (κ3) is 1.76. The molecule has 1 aromatic carbocycles. The molecular formula is C14H17NS. The van der Waals surface area contributed by atoms with Crippen molar-refractivity contribution in [1.29, 1.82) is 0 Å². The molecule has 0 saturated heterocycles. The van der Waals surface area contributed by atoms with Crippen LogP contribution < -0.4 is 5.73 Å². The minimum Gasteiger partial charge on any atom is -0.324 e. The minimum absolute atomic E-state index is 0.237. The van der Waals surface area contributed by atoms with E-state index in [1.165, 1.54) is 41.3 Å². The van der Waals surface area contributed by atoms with Gasteiger partial charge in [-0.05, 0) is 34.7 Å². The van der Waals surface area contributed by atoms with Gasteiger partial charge in [0.2, 0.25) is 0 Å². The molecule has 0 amide bonds. The standard InChI is InChI=1S/C14H17NS/c15-13(8-10-4-3-5-10)12-9-16-14-7-2-1-6-11(12)14/h1-2,6-7,9-10,13H,3-5,8,15H2. The monoisotopic (exact) mass is 231 g/mol. The van der Waals surface area contributed by atoms with Crippen molar-refractivity contribution in [2.75, 3.05) is 0 Å². The van der Waals surface area contributed by atoms with E-state index in [9.17, 15) is 0 Å². The van der Waals surface area contributed by atoms with E-state index in [0.29, 0.717) is 0 Å². The number of rotatable bonds is 3. The van der Waals surface area contributed by atoms with Gasteiger partial charge in [-0.25, -0.2) is 0 Å². The van der Waals surface area contributed by atoms with Gasteiger partial charge >= 0.3 is 0 Å². The molecule has 1 fully saturated rings. The fraction of sp³-hybridized carbons (Fsp3) is 0.429. The Balaban J connectivity index is 1.86. The molecule has 1 nitrogen and oxygen atoms in total. The van der Waals surface area contributed by atoms with Crippen LogP contribution in [0.15, 0.2) is 29.6 Å². The smallest absolute Gasteiger partial charge is 0.0346 e. The summed E-state index contributed by atoms with van der Waals surface area (Å²) in [5.74, 6) is 0.883. The average molecular weight is 231 g/mol. The molecule has 2 heteroatoms. The zero-order chi connectivity index (χ0) is 11.0. The van der Waals surface area contributed by atoms with E-state index in [-0.39, 0.29) is 6.04 Å². The van der Waals surface area contributed by atoms with E-state index in [2.05, 4.69) is 29.6 Å². The largest absolute Gasteiger partial charge is 0.324 e. The molecule has 84 valence electrons. The van der Waals surface area contributed by atoms with Crippen LogP contribution in [0.5, 0.6) is 0 Å². The summed E-state index contributed by atoms with van der Waals surface area (Å²) in [5, 5.41) is 3.60. The highest BCUT2D eigenvalue weighted by atomic mass is 32.1. The highest BCUT2D eigenvalue weighted by Gasteiger charge is 2.22. The molecule has 0 spiro atoms. The summed E-state index contributed by atoms with van der Waals surface area (Å²) in [7, 11) is 0. The van der Waals surface area contributed by atoms with E-state index in [1.807, 2.05) is 11.3 Å². The molecule has 1 unspecified atom stereocenters. The summed E-state index contributed by atoms with van der Waals surface area (Å²) in [5.41, 5.74) is 7.68. The molecule has 1 heterocycles. The molecule has 16 heavy (non-hydrogen) atoms. The SMILES string of the molecule is NC(CC1CCC1)c1csc2ccccc12. The Kier molecular flexibility index (Phi) is 2.70. The predicted octanol–water partition coefficient (Wildman–Crippen LogP) is 4.09. The number of hydrogen-bond acceptors (Lipinski definition) is 2. The summed E-state index contributed by atoms with van der Waals surface area (Å²) >= 11 is 1.81. The normalized spacial score (nSPS) is 18.6. The van der Waals surface area contributed by atoms with Crippen LogP contribution in [0.1, 0.15) is 37.3 Å². The summed E-state index contributed by atoms with van der Waals surface area (Å²) in [6.45, 7) is 0. The summed E-state index contributed by atoms with van der Waals surface area (Å²) in [6, 6.07) is 8.82. The van der Waals surface area contributed by atoms with Crippen molar-refractivity contribution in [3.63, 3.8) is 0 Å². The van der Waals surface area contributed by atoms with Crippen molar-refractivity contribution in [2.24, 2.45) is 11.7 Å². The first-order chi connectivity index (χ1) is 7.84. The lowest BCUT2D eigenvalue weighted by molar-refractivity contribution is 0.278. The minimum atomic E-state index is 0.237. The highest BCUT2D eigenvalue weighted by molar-refractivity contribution is 7.17. The molecule has 2 N–H and O–H groups in total. The molecule has 0 aliphatic heterocycles. The van der Waals surface area contributed by atoms with Crippen molar-refractivity contribution >= 4 is 21.4 Å². The van der Waals surface area contributed by atoms with Crippen molar-refractivity contribution in [3.05, 3.63) is 35.2 Å². The molecule has 1 aromatic heterocycles. The van der Waals surface area contributed by atoms with E-state index >= 15 is 0 Å². The molecule has 1 aliphatic rings. The molecule has 0 radical (unpaired) electrons. The van der Waals surface area contributed by atoms with Crippen LogP contribution in [0.25, 0.3) is 10.1 Å². The maximum atomic E-state index is 6.32. The van der Waals surface area contributed by atoms with Gasteiger partial charge in [0.1, 0.15) is 0 Å². The summed E-state index contributed by atoms with van der Waals surface area (Å²) in [6.07, 6.45) is 5.34. The fourth-order valence-electron chi connectivity index (χ4n) is 2.50. The second kappa shape index (κ2) is 4.19. The van der Waals surface area contributed by atoms with Gasteiger partial charge in [0.05, 0.1) is 0 Å². The lowest BCUT2D eigenvalue weighted by Crippen LogP contribution is -2.19. The number of thiophene rings is 1. The van der Waals surface area contributed by atoms with Crippen molar-refractivity contribution in [2.45, 2.75) is 31.7 Å². The molecule has 1 saturated carbocycles. The lowest BCUT2D eigenvalue weighted by atomic mass is 9.80. The number of hydrogen-bond donors (Lipinski definition) is 1. The van der Waals surface area contributed by atoms with E-state index < -0.39 is 0 Å². The van der Waals surface area contributed by atoms with Gasteiger partial charge in [-0.2, -0.15) is 0 Å². The van der Waals surface area contributed by atoms with E-state index in [4.69, 9.17) is 5.73 Å². The van der Waals surface area contributed by atoms with Gasteiger partial charge in [-0.15, -0.1) is 11.3 Å². The average Bonchev–Trinajstić information content (AvgIpc) is 2.67. The molecule has 0 bridgehead atoms. The number of fused-ring (bicyclic) bond motifs is 1. The fourth-order valence-corrected chi connectivity index (χ4v) is 3.53. The Hall–Kier alpha value is -0.860. The van der Waals surface area contributed by atoms with E-state index in [1.54, 1.807) is 0 Å². The third-order valence-electron chi connectivity index (χ3n) is 3.72. The molecular weight excluding hydrogens is 214 g/mol. The number of benzene rings is 1. The first-order valence-corrected chi connectivity index (χ1v) is 6.94. The van der Waals surface area contributed by atoms with Gasteiger partial charge in [-0.1, -0.05) is 37.5 Å². The highest BCUT2D eigenvalue weighted by Crippen LogP contribution is 2.37. The lowest BCUT2D eigenvalue weighted by Gasteiger charge is -2.28. The topological polar surface area (TPSA) is 26.0 Å². The maximum Gasteiger partial charge on any atom is 0.0346 e. The van der Waals surface area contributed by atoms with Crippen LogP contribution in [0.3, 0.4) is 0 Å². The quantitative estimate of drug-likeness (QED) is 0.846. The van der Waals surface area contributed by atoms with Crippen LogP contribution in [0.2, 0.25) is 0 Å². The second-order valence-electron chi connectivity index (χ2n) is 4.83. The van der Waals surface area contributed by atoms with Gasteiger partial charge in [0, 0.05) is 10.7 Å². The van der Waals surface area contributed by atoms with Crippen LogP contribution in [0.4, 0.5) is 0 Å². The first kappa shape index (κ1) is 10.3. The Labute approximate surface area is 100 Å². The van der Waals surface area contributed by atoms with Crippen molar-refractivity contribution in [3.8, 4) is 0 Å². The Morgan fingerprint density at radius 3 is 2.88 bits per heavy atom. The summed E-state index contributed by atoms with van der Waals surface area (Å²) < 4.78 is 1.36. The first-order valence-electron chi connectivity index (χ1n) is 6.06. The second-order valence-corrected chi connectivity index (χ2v) is 5.74. The van der Waals surface area contributed by atoms with E-state index in [0.717, 1.165) is 5.92 Å². The molecule has 2 aromatic rings. The Morgan fingerprint density at radius 2 is 2.12 bits per heavy atom. The van der Waals surface area contributed by atoms with Gasteiger partial charge in [0.15, 0.2) is 0 Å². The summed E-state index contributed by atoms with van der Waals surface area (Å²) in [4.78, 5) is 0. The molecule has 1 aliphatic carbocycles. The number of nitrogens with two attached hydrogens (primary N) is 1. The molecule has 1 atom stereocenters. The van der Waals surface area contributed by atoms with Crippen molar-refractivity contribution in [1.82, 2.24) is 0 Å². The zero-order valence-electron chi connectivity index (χ0n) is 9.36. The van der Waals surface area contributed by atoms with Gasteiger partial charge < -0.3 is 5.73 Å². The zero-order valence-corrected chi connectivity index (χ0v) is 10.2. The third-order valence-corrected chi connectivity index (χ3v) is 4.70. The predicted molar refractivity (Wildman–Crippen MR) is 70.7 cm³/mol. The van der Waals surface area contributed by atoms with Gasteiger partial charge in [-0.3, -0.25) is 0 Å². The molecule has 3 rings (SSSR count). The van der Waals surface area contributed by atoms with Crippen LogP contribution in [-0.2, 0) is 0 Å². The maximum absolute atomic E-state index is 6.32. The van der Waals surface area contributed by atoms with Crippen molar-refractivity contribution < 1.29 is 0 Å². The Morgan fingerprint density at radius 1 is 1.31 bits per heavy atom. The van der Waals surface area contributed by atoms with Crippen LogP contribution >= 0.6 is 11.3 Å².